The lowest BCUT2D eigenvalue weighted by atomic mass is 9.92. The van der Waals surface area contributed by atoms with Crippen molar-refractivity contribution in [3.05, 3.63) is 46.4 Å². The second kappa shape index (κ2) is 9.94. The minimum absolute atomic E-state index is 0.0132. The molecule has 0 bridgehead atoms. The maximum atomic E-state index is 13.8. The number of nitrogens with two attached hydrogens (primary N) is 1. The standard InChI is InChI=1S/C26H32F3N7O3/c1-14(2)22-33-34-24-32-21(31-15(3)16-9-17(26(27,28)29)11-18(30)10-16)19-12-35(13-20(19)36(22)24)23(37)25(38-4)5-7-39-8-6-25/h9-11,14-15H,5-8,12-13,30H2,1-4H3,(H,31,32,34)/t15-/m1/s1. The molecule has 0 spiro atoms. The number of hydrogen-bond acceptors (Lipinski definition) is 8. The van der Waals surface area contributed by atoms with Crippen LogP contribution in [0.5, 0.6) is 0 Å². The Morgan fingerprint density at radius 1 is 1.15 bits per heavy atom. The van der Waals surface area contributed by atoms with E-state index in [-0.39, 0.29) is 30.6 Å². The van der Waals surface area contributed by atoms with Crippen molar-refractivity contribution >= 4 is 23.2 Å². The molecule has 13 heteroatoms. The molecule has 0 unspecified atom stereocenters. The van der Waals surface area contributed by atoms with E-state index in [4.69, 9.17) is 15.2 Å². The Balaban J connectivity index is 1.54. The van der Waals surface area contributed by atoms with E-state index in [0.717, 1.165) is 23.4 Å². The summed E-state index contributed by atoms with van der Waals surface area (Å²) in [7, 11) is 1.54. The minimum Gasteiger partial charge on any atom is -0.399 e. The highest BCUT2D eigenvalue weighted by Gasteiger charge is 2.45. The molecule has 1 saturated heterocycles. The average molecular weight is 548 g/mol. The van der Waals surface area contributed by atoms with Crippen molar-refractivity contribution in [2.24, 2.45) is 0 Å². The van der Waals surface area contributed by atoms with Gasteiger partial charge >= 0.3 is 6.18 Å². The topological polar surface area (TPSA) is 120 Å². The van der Waals surface area contributed by atoms with Gasteiger partial charge in [-0.3, -0.25) is 9.20 Å². The monoisotopic (exact) mass is 547 g/mol. The lowest BCUT2D eigenvalue weighted by Crippen LogP contribution is -2.51. The third-order valence-corrected chi connectivity index (χ3v) is 7.52. The van der Waals surface area contributed by atoms with Crippen LogP contribution in [0.2, 0.25) is 0 Å². The maximum Gasteiger partial charge on any atom is 0.416 e. The molecular formula is C26H32F3N7O3. The number of anilines is 2. The maximum absolute atomic E-state index is 13.8. The third kappa shape index (κ3) is 4.89. The number of fused-ring (bicyclic) bond motifs is 3. The number of hydrogen-bond donors (Lipinski definition) is 2. The fourth-order valence-electron chi connectivity index (χ4n) is 5.33. The Morgan fingerprint density at radius 3 is 2.51 bits per heavy atom. The molecule has 1 atom stereocenters. The number of carbonyl (C=O) groups excluding carboxylic acids is 1. The summed E-state index contributed by atoms with van der Waals surface area (Å²) in [6.07, 6.45) is -3.63. The molecule has 3 aromatic rings. The molecule has 0 saturated carbocycles. The zero-order chi connectivity index (χ0) is 28.1. The number of benzene rings is 1. The van der Waals surface area contributed by atoms with Crippen LogP contribution in [0.25, 0.3) is 5.78 Å². The van der Waals surface area contributed by atoms with Gasteiger partial charge in [0.2, 0.25) is 0 Å². The molecule has 1 aromatic carbocycles. The van der Waals surface area contributed by atoms with E-state index < -0.39 is 23.4 Å². The van der Waals surface area contributed by atoms with Gasteiger partial charge in [0, 0.05) is 50.3 Å². The van der Waals surface area contributed by atoms with E-state index in [1.807, 2.05) is 18.2 Å². The van der Waals surface area contributed by atoms with Crippen LogP contribution in [-0.2, 0) is 33.5 Å². The van der Waals surface area contributed by atoms with Gasteiger partial charge in [-0.25, -0.2) is 0 Å². The number of amides is 1. The molecule has 5 rings (SSSR count). The summed E-state index contributed by atoms with van der Waals surface area (Å²) in [6.45, 7) is 7.12. The number of carbonyl (C=O) groups is 1. The molecule has 2 aromatic heterocycles. The van der Waals surface area contributed by atoms with Gasteiger partial charge < -0.3 is 25.4 Å². The van der Waals surface area contributed by atoms with Crippen molar-refractivity contribution in [3.63, 3.8) is 0 Å². The molecule has 39 heavy (non-hydrogen) atoms. The summed E-state index contributed by atoms with van der Waals surface area (Å²) >= 11 is 0. The molecule has 1 amide bonds. The van der Waals surface area contributed by atoms with Gasteiger partial charge in [0.15, 0.2) is 5.60 Å². The normalized spacial score (nSPS) is 18.0. The number of nitrogens with one attached hydrogen (secondary N) is 1. The van der Waals surface area contributed by atoms with E-state index in [1.165, 1.54) is 13.2 Å². The van der Waals surface area contributed by atoms with E-state index >= 15 is 0 Å². The fraction of sp³-hybridized carbons (Fsp3) is 0.538. The summed E-state index contributed by atoms with van der Waals surface area (Å²) in [5.41, 5.74) is 5.93. The Bertz CT molecular complexity index is 1400. The predicted octanol–water partition coefficient (Wildman–Crippen LogP) is 4.06. The summed E-state index contributed by atoms with van der Waals surface area (Å²) in [5, 5.41) is 11.8. The SMILES string of the molecule is COC1(C(=O)N2Cc3c(N[C@H](C)c4cc(N)cc(C(F)(F)F)c4)nc4nnc(C(C)C)n4c3C2)CCOCC1. The Kier molecular flexibility index (Phi) is 6.91. The molecular weight excluding hydrogens is 515 g/mol. The second-order valence-corrected chi connectivity index (χ2v) is 10.5. The molecule has 1 fully saturated rings. The molecule has 4 heterocycles. The summed E-state index contributed by atoms with van der Waals surface area (Å²) in [6, 6.07) is 2.91. The quantitative estimate of drug-likeness (QED) is 0.444. The van der Waals surface area contributed by atoms with Gasteiger partial charge in [0.1, 0.15) is 11.6 Å². The van der Waals surface area contributed by atoms with Crippen molar-refractivity contribution in [1.29, 1.82) is 0 Å². The van der Waals surface area contributed by atoms with Gasteiger partial charge in [0.25, 0.3) is 11.7 Å². The number of nitrogens with zero attached hydrogens (tertiary/aromatic N) is 5. The third-order valence-electron chi connectivity index (χ3n) is 7.52. The van der Waals surface area contributed by atoms with Crippen molar-refractivity contribution < 1.29 is 27.4 Å². The van der Waals surface area contributed by atoms with E-state index in [2.05, 4.69) is 20.5 Å². The smallest absolute Gasteiger partial charge is 0.399 e. The van der Waals surface area contributed by atoms with Crippen LogP contribution in [0.4, 0.5) is 24.7 Å². The van der Waals surface area contributed by atoms with Crippen molar-refractivity contribution in [2.75, 3.05) is 31.4 Å². The number of ether oxygens (including phenoxy) is 2. The molecule has 0 aliphatic carbocycles. The Labute approximate surface area is 223 Å². The molecule has 10 nitrogen and oxygen atoms in total. The first-order valence-corrected chi connectivity index (χ1v) is 12.9. The van der Waals surface area contributed by atoms with Crippen molar-refractivity contribution in [2.45, 2.75) is 70.4 Å². The Hall–Kier alpha value is -3.45. The minimum atomic E-state index is -4.53. The number of methoxy groups -OCH3 is 1. The van der Waals surface area contributed by atoms with Gasteiger partial charge in [-0.05, 0) is 30.7 Å². The zero-order valence-electron chi connectivity index (χ0n) is 22.3. The van der Waals surface area contributed by atoms with Crippen LogP contribution in [0.15, 0.2) is 18.2 Å². The summed E-state index contributed by atoms with van der Waals surface area (Å²) < 4.78 is 53.4. The summed E-state index contributed by atoms with van der Waals surface area (Å²) in [5.74, 6) is 1.39. The predicted molar refractivity (Wildman–Crippen MR) is 137 cm³/mol. The highest BCUT2D eigenvalue weighted by atomic mass is 19.4. The lowest BCUT2D eigenvalue weighted by molar-refractivity contribution is -0.167. The van der Waals surface area contributed by atoms with Crippen LogP contribution in [0.3, 0.4) is 0 Å². The first kappa shape index (κ1) is 27.1. The van der Waals surface area contributed by atoms with Crippen molar-refractivity contribution in [3.8, 4) is 0 Å². The number of aromatic nitrogens is 4. The first-order valence-electron chi connectivity index (χ1n) is 12.9. The van der Waals surface area contributed by atoms with E-state index in [1.54, 1.807) is 11.8 Å². The van der Waals surface area contributed by atoms with Crippen LogP contribution in [-0.4, -0.2) is 56.3 Å². The van der Waals surface area contributed by atoms with Gasteiger partial charge in [0.05, 0.1) is 30.4 Å². The van der Waals surface area contributed by atoms with Gasteiger partial charge in [-0.1, -0.05) is 13.8 Å². The van der Waals surface area contributed by atoms with Crippen LogP contribution in [0.1, 0.15) is 73.8 Å². The number of halogens is 3. The second-order valence-electron chi connectivity index (χ2n) is 10.5. The number of nitrogen functional groups attached to an aromatic ring is 1. The molecule has 210 valence electrons. The van der Waals surface area contributed by atoms with Gasteiger partial charge in [-0.15, -0.1) is 10.2 Å². The molecule has 2 aliphatic heterocycles. The fourth-order valence-corrected chi connectivity index (χ4v) is 5.33. The largest absolute Gasteiger partial charge is 0.416 e. The van der Waals surface area contributed by atoms with Crippen molar-refractivity contribution in [1.82, 2.24) is 24.5 Å². The van der Waals surface area contributed by atoms with Crippen LogP contribution < -0.4 is 11.1 Å². The molecule has 0 radical (unpaired) electrons. The van der Waals surface area contributed by atoms with E-state index in [9.17, 15) is 18.0 Å². The number of alkyl halides is 3. The summed E-state index contributed by atoms with van der Waals surface area (Å²) in [4.78, 5) is 20.2. The first-order chi connectivity index (χ1) is 18.4. The Morgan fingerprint density at radius 2 is 1.87 bits per heavy atom. The zero-order valence-corrected chi connectivity index (χ0v) is 22.3. The molecule has 2 aliphatic rings. The highest BCUT2D eigenvalue weighted by Crippen LogP contribution is 2.37. The van der Waals surface area contributed by atoms with E-state index in [0.29, 0.717) is 49.0 Å². The van der Waals surface area contributed by atoms with Crippen LogP contribution in [0, 0.1) is 0 Å². The number of rotatable bonds is 6. The average Bonchev–Trinajstić information content (AvgIpc) is 3.52. The molecule has 3 N–H and O–H groups in total. The highest BCUT2D eigenvalue weighted by molar-refractivity contribution is 5.86. The lowest BCUT2D eigenvalue weighted by Gasteiger charge is -2.37. The van der Waals surface area contributed by atoms with Gasteiger partial charge in [-0.2, -0.15) is 18.2 Å². The van der Waals surface area contributed by atoms with Crippen LogP contribution >= 0.6 is 0 Å².